The molecular weight excluding hydrogens is 414 g/mol. The number of aromatic nitrogens is 1. The van der Waals surface area contributed by atoms with Crippen molar-refractivity contribution >= 4 is 28.5 Å². The normalized spacial score (nSPS) is 26.0. The van der Waals surface area contributed by atoms with E-state index >= 15 is 0 Å². The summed E-state index contributed by atoms with van der Waals surface area (Å²) in [5, 5.41) is 17.9. The van der Waals surface area contributed by atoms with Gasteiger partial charge in [-0.15, -0.1) is 0 Å². The summed E-state index contributed by atoms with van der Waals surface area (Å²) in [7, 11) is 0. The Kier molecular flexibility index (Phi) is 6.91. The molecule has 1 amide bonds. The van der Waals surface area contributed by atoms with Crippen molar-refractivity contribution in [1.29, 1.82) is 0 Å². The van der Waals surface area contributed by atoms with E-state index in [2.05, 4.69) is 36.4 Å². The molecule has 1 aromatic heterocycles. The third-order valence-corrected chi connectivity index (χ3v) is 7.70. The van der Waals surface area contributed by atoms with Crippen LogP contribution < -0.4 is 10.6 Å². The van der Waals surface area contributed by atoms with Gasteiger partial charge in [-0.05, 0) is 86.3 Å². The van der Waals surface area contributed by atoms with Crippen LogP contribution in [0, 0.1) is 17.3 Å². The predicted molar refractivity (Wildman–Crippen MR) is 131 cm³/mol. The Hall–Kier alpha value is -2.63. The zero-order chi connectivity index (χ0) is 23.6. The van der Waals surface area contributed by atoms with E-state index in [0.717, 1.165) is 35.3 Å². The Bertz CT molecular complexity index is 997. The fraction of sp³-hybridized carbons (Fsp3) is 0.593. The molecule has 0 bridgehead atoms. The van der Waals surface area contributed by atoms with Gasteiger partial charge in [0.15, 0.2) is 0 Å². The number of fused-ring (bicyclic) bond motifs is 1. The molecule has 1 aromatic carbocycles. The highest BCUT2D eigenvalue weighted by Crippen LogP contribution is 2.38. The molecule has 2 aliphatic rings. The number of aliphatic carboxylic acids is 1. The molecule has 2 aliphatic carbocycles. The van der Waals surface area contributed by atoms with Gasteiger partial charge >= 0.3 is 5.97 Å². The van der Waals surface area contributed by atoms with Gasteiger partial charge in [0.1, 0.15) is 5.82 Å². The summed E-state index contributed by atoms with van der Waals surface area (Å²) in [4.78, 5) is 28.6. The summed E-state index contributed by atoms with van der Waals surface area (Å²) in [5.74, 6) is 0.546. The SMILES string of the molecule is CC(C)(C)[C@H]1CC[C@H](Nc2cc3cc(C(=O)N[C@H]4CC[C@H](C(=O)O)CC4)ccc3cn2)CC1. The van der Waals surface area contributed by atoms with Gasteiger partial charge < -0.3 is 15.7 Å². The van der Waals surface area contributed by atoms with Crippen molar-refractivity contribution < 1.29 is 14.7 Å². The number of pyridine rings is 1. The first-order chi connectivity index (χ1) is 15.7. The number of benzene rings is 1. The van der Waals surface area contributed by atoms with Crippen molar-refractivity contribution in [2.24, 2.45) is 17.3 Å². The second-order valence-corrected chi connectivity index (χ2v) is 11.1. The third-order valence-electron chi connectivity index (χ3n) is 7.70. The lowest BCUT2D eigenvalue weighted by molar-refractivity contribution is -0.142. The Morgan fingerprint density at radius 1 is 0.909 bits per heavy atom. The molecular formula is C27H37N3O3. The average Bonchev–Trinajstić information content (AvgIpc) is 2.78. The summed E-state index contributed by atoms with van der Waals surface area (Å²) >= 11 is 0. The molecule has 0 spiro atoms. The number of hydrogen-bond donors (Lipinski definition) is 3. The molecule has 3 N–H and O–H groups in total. The van der Waals surface area contributed by atoms with Gasteiger partial charge in [-0.3, -0.25) is 9.59 Å². The molecule has 1 heterocycles. The van der Waals surface area contributed by atoms with Crippen LogP contribution in [0.5, 0.6) is 0 Å². The number of carbonyl (C=O) groups is 2. The summed E-state index contributed by atoms with van der Waals surface area (Å²) in [5.41, 5.74) is 1.00. The lowest BCUT2D eigenvalue weighted by Gasteiger charge is -2.37. The van der Waals surface area contributed by atoms with Gasteiger partial charge in [-0.1, -0.05) is 26.8 Å². The summed E-state index contributed by atoms with van der Waals surface area (Å²) in [6.45, 7) is 7.02. The molecule has 2 saturated carbocycles. The highest BCUT2D eigenvalue weighted by Gasteiger charge is 2.30. The maximum atomic E-state index is 12.8. The first-order valence-corrected chi connectivity index (χ1v) is 12.4. The molecule has 0 atom stereocenters. The Morgan fingerprint density at radius 2 is 1.58 bits per heavy atom. The number of nitrogens with zero attached hydrogens (tertiary/aromatic N) is 1. The number of carboxylic acids is 1. The standard InChI is InChI=1S/C27H37N3O3/c1-27(2,3)21-8-12-22(13-9-21)29-24-15-20-14-18(4-5-19(20)16-28-24)25(31)30-23-10-6-17(7-11-23)26(32)33/h4-5,14-17,21-23H,6-13H2,1-3H3,(H,28,29)(H,30,31)(H,32,33)/t17-,21-,22-,23-. The van der Waals surface area contributed by atoms with E-state index in [1.165, 1.54) is 12.8 Å². The van der Waals surface area contributed by atoms with Gasteiger partial charge in [0.25, 0.3) is 5.91 Å². The van der Waals surface area contributed by atoms with Gasteiger partial charge in [-0.2, -0.15) is 0 Å². The molecule has 0 radical (unpaired) electrons. The van der Waals surface area contributed by atoms with E-state index in [0.29, 0.717) is 42.7 Å². The van der Waals surface area contributed by atoms with Crippen molar-refractivity contribution in [3.05, 3.63) is 36.0 Å². The van der Waals surface area contributed by atoms with Crippen LogP contribution in [0.2, 0.25) is 0 Å². The minimum Gasteiger partial charge on any atom is -0.481 e. The van der Waals surface area contributed by atoms with Crippen LogP contribution in [0.3, 0.4) is 0 Å². The first kappa shape index (κ1) is 23.5. The van der Waals surface area contributed by atoms with E-state index < -0.39 is 5.97 Å². The topological polar surface area (TPSA) is 91.3 Å². The van der Waals surface area contributed by atoms with Crippen molar-refractivity contribution in [1.82, 2.24) is 10.3 Å². The molecule has 2 aromatic rings. The van der Waals surface area contributed by atoms with Crippen LogP contribution in [0.25, 0.3) is 10.8 Å². The van der Waals surface area contributed by atoms with E-state index in [1.807, 2.05) is 30.5 Å². The molecule has 0 unspecified atom stereocenters. The number of rotatable bonds is 5. The van der Waals surface area contributed by atoms with Crippen LogP contribution in [0.15, 0.2) is 30.5 Å². The fourth-order valence-electron chi connectivity index (χ4n) is 5.43. The second-order valence-electron chi connectivity index (χ2n) is 11.1. The number of nitrogens with one attached hydrogen (secondary N) is 2. The Morgan fingerprint density at radius 3 is 2.21 bits per heavy atom. The second kappa shape index (κ2) is 9.70. The fourth-order valence-corrected chi connectivity index (χ4v) is 5.43. The van der Waals surface area contributed by atoms with Crippen molar-refractivity contribution in [3.63, 3.8) is 0 Å². The largest absolute Gasteiger partial charge is 0.481 e. The van der Waals surface area contributed by atoms with E-state index in [9.17, 15) is 9.59 Å². The van der Waals surface area contributed by atoms with E-state index in [-0.39, 0.29) is 17.9 Å². The van der Waals surface area contributed by atoms with Crippen LogP contribution >= 0.6 is 0 Å². The molecule has 2 fully saturated rings. The lowest BCUT2D eigenvalue weighted by atomic mass is 9.71. The molecule has 4 rings (SSSR count). The highest BCUT2D eigenvalue weighted by atomic mass is 16.4. The number of hydrogen-bond acceptors (Lipinski definition) is 4. The summed E-state index contributed by atoms with van der Waals surface area (Å²) in [6, 6.07) is 8.24. The van der Waals surface area contributed by atoms with Crippen molar-refractivity contribution in [3.8, 4) is 0 Å². The molecule has 33 heavy (non-hydrogen) atoms. The van der Waals surface area contributed by atoms with Gasteiger partial charge in [-0.25, -0.2) is 4.98 Å². The molecule has 0 aliphatic heterocycles. The predicted octanol–water partition coefficient (Wildman–Crippen LogP) is 5.62. The van der Waals surface area contributed by atoms with Gasteiger partial charge in [0.2, 0.25) is 0 Å². The molecule has 6 nitrogen and oxygen atoms in total. The van der Waals surface area contributed by atoms with Crippen LogP contribution in [-0.2, 0) is 4.79 Å². The quantitative estimate of drug-likeness (QED) is 0.548. The smallest absolute Gasteiger partial charge is 0.306 e. The highest BCUT2D eigenvalue weighted by molar-refractivity contribution is 5.99. The Labute approximate surface area is 196 Å². The number of carboxylic acid groups (broad SMARTS) is 1. The summed E-state index contributed by atoms with van der Waals surface area (Å²) < 4.78 is 0. The van der Waals surface area contributed by atoms with Gasteiger partial charge in [0.05, 0.1) is 5.92 Å². The monoisotopic (exact) mass is 451 g/mol. The minimum absolute atomic E-state index is 0.0432. The van der Waals surface area contributed by atoms with Crippen molar-refractivity contribution in [2.75, 3.05) is 5.32 Å². The van der Waals surface area contributed by atoms with Crippen LogP contribution in [0.1, 0.15) is 82.5 Å². The van der Waals surface area contributed by atoms with E-state index in [4.69, 9.17) is 5.11 Å². The van der Waals surface area contributed by atoms with Crippen molar-refractivity contribution in [2.45, 2.75) is 84.2 Å². The molecule has 0 saturated heterocycles. The van der Waals surface area contributed by atoms with E-state index in [1.54, 1.807) is 0 Å². The van der Waals surface area contributed by atoms with Crippen LogP contribution in [0.4, 0.5) is 5.82 Å². The zero-order valence-electron chi connectivity index (χ0n) is 20.1. The Balaban J connectivity index is 1.37. The maximum Gasteiger partial charge on any atom is 0.306 e. The zero-order valence-corrected chi connectivity index (χ0v) is 20.1. The minimum atomic E-state index is -0.727. The number of anilines is 1. The molecule has 178 valence electrons. The lowest BCUT2D eigenvalue weighted by Crippen LogP contribution is -2.38. The average molecular weight is 452 g/mol. The van der Waals surface area contributed by atoms with Gasteiger partial charge in [0, 0.05) is 29.2 Å². The number of carbonyl (C=O) groups excluding carboxylic acids is 1. The first-order valence-electron chi connectivity index (χ1n) is 12.4. The maximum absolute atomic E-state index is 12.8. The number of amides is 1. The molecule has 6 heteroatoms. The van der Waals surface area contributed by atoms with Crippen LogP contribution in [-0.4, -0.2) is 34.1 Å². The third kappa shape index (κ3) is 5.84. The summed E-state index contributed by atoms with van der Waals surface area (Å²) in [6.07, 6.45) is 9.35.